The lowest BCUT2D eigenvalue weighted by Gasteiger charge is -2.43. The first-order valence-corrected chi connectivity index (χ1v) is 7.76. The van der Waals surface area contributed by atoms with Gasteiger partial charge in [0.1, 0.15) is 0 Å². The smallest absolute Gasteiger partial charge is 0.362 e. The number of hydrogen-bond acceptors (Lipinski definition) is 3. The lowest BCUT2D eigenvalue weighted by Crippen LogP contribution is -2.60. The summed E-state index contributed by atoms with van der Waals surface area (Å²) in [5.41, 5.74) is -1.63. The standard InChI is InChI=1S/C17H19F3N2O3/c1-3-14(23)21-13-7-5-12(6-8-13)15(24)22-9-10-25-16(4-2,11-22)17(18,19)20/h3,5-8H,1,4,9-11H2,2H3,(H,21,23). The Balaban J connectivity index is 2.14. The van der Waals surface area contributed by atoms with Gasteiger partial charge in [-0.2, -0.15) is 13.2 Å². The van der Waals surface area contributed by atoms with Crippen molar-refractivity contribution in [1.82, 2.24) is 4.90 Å². The Hall–Kier alpha value is -2.35. The molecule has 0 aromatic heterocycles. The number of rotatable bonds is 4. The number of alkyl halides is 3. The molecule has 0 aliphatic carbocycles. The second-order valence-electron chi connectivity index (χ2n) is 5.69. The molecule has 1 aliphatic rings. The quantitative estimate of drug-likeness (QED) is 0.844. The Morgan fingerprint density at radius 3 is 2.52 bits per heavy atom. The summed E-state index contributed by atoms with van der Waals surface area (Å²) in [6.45, 7) is 4.09. The molecule has 2 amide bonds. The van der Waals surface area contributed by atoms with Crippen molar-refractivity contribution in [3.8, 4) is 0 Å². The van der Waals surface area contributed by atoms with E-state index in [-0.39, 0.29) is 25.1 Å². The van der Waals surface area contributed by atoms with Crippen LogP contribution in [0.25, 0.3) is 0 Å². The number of amides is 2. The van der Waals surface area contributed by atoms with Crippen LogP contribution in [0.1, 0.15) is 23.7 Å². The molecule has 0 spiro atoms. The Kier molecular flexibility index (Phi) is 5.52. The molecule has 1 aliphatic heterocycles. The summed E-state index contributed by atoms with van der Waals surface area (Å²) in [4.78, 5) is 24.9. The number of halogens is 3. The number of ether oxygens (including phenoxy) is 1. The van der Waals surface area contributed by atoms with Gasteiger partial charge in [0.2, 0.25) is 5.91 Å². The molecule has 136 valence electrons. The molecule has 1 atom stereocenters. The number of nitrogens with zero attached hydrogens (tertiary/aromatic N) is 1. The third-order valence-electron chi connectivity index (χ3n) is 4.15. The minimum Gasteiger partial charge on any atom is -0.362 e. The van der Waals surface area contributed by atoms with E-state index in [1.54, 1.807) is 0 Å². The number of hydrogen-bond donors (Lipinski definition) is 1. The second-order valence-corrected chi connectivity index (χ2v) is 5.69. The van der Waals surface area contributed by atoms with Crippen molar-refractivity contribution in [2.45, 2.75) is 25.1 Å². The molecule has 1 aromatic carbocycles. The summed E-state index contributed by atoms with van der Waals surface area (Å²) in [6, 6.07) is 5.92. The normalized spacial score (nSPS) is 20.9. The molecule has 0 radical (unpaired) electrons. The van der Waals surface area contributed by atoms with Crippen LogP contribution in [0.3, 0.4) is 0 Å². The number of morpholine rings is 1. The molecule has 8 heteroatoms. The molecule has 2 rings (SSSR count). The second kappa shape index (κ2) is 7.26. The van der Waals surface area contributed by atoms with E-state index in [1.165, 1.54) is 31.2 Å². The number of anilines is 1. The zero-order chi connectivity index (χ0) is 18.7. The highest BCUT2D eigenvalue weighted by Crippen LogP contribution is 2.39. The van der Waals surface area contributed by atoms with E-state index >= 15 is 0 Å². The van der Waals surface area contributed by atoms with Crippen LogP contribution in [-0.2, 0) is 9.53 Å². The summed E-state index contributed by atoms with van der Waals surface area (Å²) in [6.07, 6.45) is -3.72. The van der Waals surface area contributed by atoms with Crippen molar-refractivity contribution in [3.05, 3.63) is 42.5 Å². The molecule has 5 nitrogen and oxygen atoms in total. The van der Waals surface area contributed by atoms with Gasteiger partial charge in [0.25, 0.3) is 5.91 Å². The van der Waals surface area contributed by atoms with Crippen molar-refractivity contribution in [2.24, 2.45) is 0 Å². The van der Waals surface area contributed by atoms with Crippen LogP contribution in [0.4, 0.5) is 18.9 Å². The van der Waals surface area contributed by atoms with E-state index in [0.29, 0.717) is 5.69 Å². The summed E-state index contributed by atoms with van der Waals surface area (Å²) >= 11 is 0. The van der Waals surface area contributed by atoms with E-state index in [2.05, 4.69) is 11.9 Å². The van der Waals surface area contributed by atoms with Gasteiger partial charge in [-0.1, -0.05) is 13.5 Å². The molecule has 1 N–H and O–H groups in total. The van der Waals surface area contributed by atoms with Crippen LogP contribution >= 0.6 is 0 Å². The lowest BCUT2D eigenvalue weighted by molar-refractivity contribution is -0.293. The van der Waals surface area contributed by atoms with E-state index in [0.717, 1.165) is 11.0 Å². The molecule has 0 bridgehead atoms. The minimum atomic E-state index is -4.56. The third-order valence-corrected chi connectivity index (χ3v) is 4.15. The SMILES string of the molecule is C=CC(=O)Nc1ccc(C(=O)N2CCOC(CC)(C(F)(F)F)C2)cc1. The van der Waals surface area contributed by atoms with Gasteiger partial charge >= 0.3 is 6.18 Å². The number of benzene rings is 1. The average molecular weight is 356 g/mol. The number of carbonyl (C=O) groups excluding carboxylic acids is 2. The summed E-state index contributed by atoms with van der Waals surface area (Å²) in [7, 11) is 0. The van der Waals surface area contributed by atoms with Crippen molar-refractivity contribution >= 4 is 17.5 Å². The first kappa shape index (κ1) is 19.0. The highest BCUT2D eigenvalue weighted by atomic mass is 19.4. The fourth-order valence-electron chi connectivity index (χ4n) is 2.62. The van der Waals surface area contributed by atoms with Crippen LogP contribution in [0.15, 0.2) is 36.9 Å². The van der Waals surface area contributed by atoms with Crippen LogP contribution in [0.2, 0.25) is 0 Å². The first-order valence-electron chi connectivity index (χ1n) is 7.76. The van der Waals surface area contributed by atoms with Gasteiger partial charge in [-0.15, -0.1) is 0 Å². The van der Waals surface area contributed by atoms with Gasteiger partial charge in [0, 0.05) is 17.8 Å². The zero-order valence-electron chi connectivity index (χ0n) is 13.7. The maximum Gasteiger partial charge on any atom is 0.419 e. The highest BCUT2D eigenvalue weighted by molar-refractivity contribution is 5.99. The maximum atomic E-state index is 13.3. The van der Waals surface area contributed by atoms with E-state index in [9.17, 15) is 22.8 Å². The van der Waals surface area contributed by atoms with Crippen molar-refractivity contribution in [2.75, 3.05) is 25.0 Å². The Morgan fingerprint density at radius 1 is 1.36 bits per heavy atom. The van der Waals surface area contributed by atoms with E-state index < -0.39 is 30.1 Å². The lowest BCUT2D eigenvalue weighted by atomic mass is 9.96. The minimum absolute atomic E-state index is 0.0889. The van der Waals surface area contributed by atoms with Crippen LogP contribution in [-0.4, -0.2) is 48.2 Å². The van der Waals surface area contributed by atoms with Crippen molar-refractivity contribution < 1.29 is 27.5 Å². The number of nitrogens with one attached hydrogen (secondary N) is 1. The van der Waals surface area contributed by atoms with Gasteiger partial charge in [0.15, 0.2) is 5.60 Å². The Morgan fingerprint density at radius 2 is 2.00 bits per heavy atom. The van der Waals surface area contributed by atoms with Crippen molar-refractivity contribution in [3.63, 3.8) is 0 Å². The van der Waals surface area contributed by atoms with Gasteiger partial charge < -0.3 is 15.0 Å². The predicted octanol–water partition coefficient (Wildman–Crippen LogP) is 2.99. The third kappa shape index (κ3) is 4.01. The first-order chi connectivity index (χ1) is 11.7. The van der Waals surface area contributed by atoms with Gasteiger partial charge in [-0.25, -0.2) is 0 Å². The zero-order valence-corrected chi connectivity index (χ0v) is 13.7. The summed E-state index contributed by atoms with van der Waals surface area (Å²) < 4.78 is 45.0. The highest BCUT2D eigenvalue weighted by Gasteiger charge is 2.57. The molecular weight excluding hydrogens is 337 g/mol. The summed E-state index contributed by atoms with van der Waals surface area (Å²) in [5, 5.41) is 2.53. The number of carbonyl (C=O) groups is 2. The molecule has 1 saturated heterocycles. The molecule has 25 heavy (non-hydrogen) atoms. The fourth-order valence-corrected chi connectivity index (χ4v) is 2.62. The van der Waals surface area contributed by atoms with Crippen molar-refractivity contribution in [1.29, 1.82) is 0 Å². The monoisotopic (exact) mass is 356 g/mol. The Labute approximate surface area is 143 Å². The topological polar surface area (TPSA) is 58.6 Å². The van der Waals surface area contributed by atoms with Crippen LogP contribution in [0.5, 0.6) is 0 Å². The van der Waals surface area contributed by atoms with Crippen LogP contribution in [0, 0.1) is 0 Å². The molecule has 1 aromatic rings. The molecule has 1 fully saturated rings. The fraction of sp³-hybridized carbons (Fsp3) is 0.412. The molecule has 1 heterocycles. The molecule has 0 saturated carbocycles. The molecular formula is C17H19F3N2O3. The van der Waals surface area contributed by atoms with Gasteiger partial charge in [-0.3, -0.25) is 9.59 Å². The van der Waals surface area contributed by atoms with E-state index in [4.69, 9.17) is 4.74 Å². The average Bonchev–Trinajstić information content (AvgIpc) is 2.60. The maximum absolute atomic E-state index is 13.3. The van der Waals surface area contributed by atoms with E-state index in [1.807, 2.05) is 0 Å². The predicted molar refractivity (Wildman–Crippen MR) is 86.2 cm³/mol. The van der Waals surface area contributed by atoms with Crippen LogP contribution < -0.4 is 5.32 Å². The largest absolute Gasteiger partial charge is 0.419 e. The molecule has 1 unspecified atom stereocenters. The van der Waals surface area contributed by atoms with Gasteiger partial charge in [-0.05, 0) is 36.8 Å². The van der Waals surface area contributed by atoms with Gasteiger partial charge in [0.05, 0.1) is 13.2 Å². The summed E-state index contributed by atoms with van der Waals surface area (Å²) in [5.74, 6) is -0.905. The Bertz CT molecular complexity index is 658.